The standard InChI is InChI=1S/C23H27N3O6/c1-3-30-19-11-10-16(14-20(19)31-4-2)22(28)24-15-21(27)32-13-7-12-26-18-9-6-5-8-17(18)25-23(26)29/h5-6,8-11,14H,3-4,7,12-13,15H2,1-2H3,(H,24,28)(H,25,29). The van der Waals surface area contributed by atoms with E-state index in [1.807, 2.05) is 38.1 Å². The molecule has 0 saturated carbocycles. The molecule has 0 aliphatic carbocycles. The lowest BCUT2D eigenvalue weighted by Gasteiger charge is -2.12. The van der Waals surface area contributed by atoms with E-state index in [0.717, 1.165) is 11.0 Å². The number of nitrogens with one attached hydrogen (secondary N) is 2. The van der Waals surface area contributed by atoms with Gasteiger partial charge in [-0.15, -0.1) is 0 Å². The molecule has 2 N–H and O–H groups in total. The van der Waals surface area contributed by atoms with Crippen LogP contribution in [0.4, 0.5) is 0 Å². The molecule has 9 nitrogen and oxygen atoms in total. The molecule has 0 aliphatic rings. The first-order chi connectivity index (χ1) is 15.5. The van der Waals surface area contributed by atoms with Crippen molar-refractivity contribution in [3.8, 4) is 11.5 Å². The first-order valence-electron chi connectivity index (χ1n) is 10.5. The first-order valence-corrected chi connectivity index (χ1v) is 10.5. The Balaban J connectivity index is 1.45. The lowest BCUT2D eigenvalue weighted by Crippen LogP contribution is -2.31. The molecule has 0 spiro atoms. The number of fused-ring (bicyclic) bond motifs is 1. The molecule has 0 bridgehead atoms. The predicted octanol–water partition coefficient (Wildman–Crippen LogP) is 2.49. The fraction of sp³-hybridized carbons (Fsp3) is 0.348. The van der Waals surface area contributed by atoms with Crippen LogP contribution in [0.3, 0.4) is 0 Å². The minimum absolute atomic E-state index is 0.137. The summed E-state index contributed by atoms with van der Waals surface area (Å²) in [4.78, 5) is 39.2. The number of carbonyl (C=O) groups excluding carboxylic acids is 2. The fourth-order valence-electron chi connectivity index (χ4n) is 3.24. The molecule has 0 fully saturated rings. The Labute approximate surface area is 185 Å². The molecule has 0 aliphatic heterocycles. The van der Waals surface area contributed by atoms with Crippen LogP contribution in [0.15, 0.2) is 47.3 Å². The van der Waals surface area contributed by atoms with E-state index >= 15 is 0 Å². The van der Waals surface area contributed by atoms with E-state index < -0.39 is 11.9 Å². The summed E-state index contributed by atoms with van der Waals surface area (Å²) in [6.07, 6.45) is 0.470. The average Bonchev–Trinajstić information content (AvgIpc) is 3.11. The van der Waals surface area contributed by atoms with Crippen LogP contribution in [-0.4, -0.2) is 47.8 Å². The number of H-pyrrole nitrogens is 1. The molecular formula is C23H27N3O6. The van der Waals surface area contributed by atoms with Crippen molar-refractivity contribution < 1.29 is 23.8 Å². The molecule has 0 radical (unpaired) electrons. The monoisotopic (exact) mass is 441 g/mol. The SMILES string of the molecule is CCOc1ccc(C(=O)NCC(=O)OCCCn2c(=O)[nH]c3ccccc32)cc1OCC. The molecule has 0 unspecified atom stereocenters. The number of ether oxygens (including phenoxy) is 3. The summed E-state index contributed by atoms with van der Waals surface area (Å²) >= 11 is 0. The zero-order valence-corrected chi connectivity index (χ0v) is 18.2. The lowest BCUT2D eigenvalue weighted by molar-refractivity contribution is -0.142. The Morgan fingerprint density at radius 3 is 2.56 bits per heavy atom. The third-order valence-corrected chi connectivity index (χ3v) is 4.67. The van der Waals surface area contributed by atoms with E-state index in [1.165, 1.54) is 0 Å². The normalized spacial score (nSPS) is 10.7. The zero-order valence-electron chi connectivity index (χ0n) is 18.2. The van der Waals surface area contributed by atoms with Gasteiger partial charge in [0.15, 0.2) is 11.5 Å². The third-order valence-electron chi connectivity index (χ3n) is 4.67. The number of esters is 1. The number of hydrogen-bond acceptors (Lipinski definition) is 6. The van der Waals surface area contributed by atoms with Crippen molar-refractivity contribution in [2.75, 3.05) is 26.4 Å². The summed E-state index contributed by atoms with van der Waals surface area (Å²) in [6, 6.07) is 12.2. The average molecular weight is 441 g/mol. The van der Waals surface area contributed by atoms with Crippen LogP contribution in [0.5, 0.6) is 11.5 Å². The summed E-state index contributed by atoms with van der Waals surface area (Å²) < 4.78 is 17.8. The Morgan fingerprint density at radius 1 is 1.03 bits per heavy atom. The van der Waals surface area contributed by atoms with Gasteiger partial charge in [-0.3, -0.25) is 14.2 Å². The van der Waals surface area contributed by atoms with Gasteiger partial charge in [-0.05, 0) is 50.6 Å². The van der Waals surface area contributed by atoms with Crippen LogP contribution in [0.1, 0.15) is 30.6 Å². The smallest absolute Gasteiger partial charge is 0.326 e. The molecule has 1 heterocycles. The number of aromatic nitrogens is 2. The van der Waals surface area contributed by atoms with E-state index in [1.54, 1.807) is 22.8 Å². The summed E-state index contributed by atoms with van der Waals surface area (Å²) in [5.74, 6) is 0.0496. The van der Waals surface area contributed by atoms with Crippen LogP contribution in [0.25, 0.3) is 11.0 Å². The number of para-hydroxylation sites is 2. The zero-order chi connectivity index (χ0) is 22.9. The minimum atomic E-state index is -0.555. The van der Waals surface area contributed by atoms with Crippen LogP contribution in [0, 0.1) is 0 Å². The summed E-state index contributed by atoms with van der Waals surface area (Å²) in [7, 11) is 0. The number of imidazole rings is 1. The van der Waals surface area contributed by atoms with Crippen molar-refractivity contribution in [2.24, 2.45) is 0 Å². The van der Waals surface area contributed by atoms with Crippen LogP contribution < -0.4 is 20.5 Å². The van der Waals surface area contributed by atoms with Crippen molar-refractivity contribution in [3.05, 3.63) is 58.5 Å². The van der Waals surface area contributed by atoms with E-state index in [2.05, 4.69) is 10.3 Å². The van der Waals surface area contributed by atoms with Crippen molar-refractivity contribution in [3.63, 3.8) is 0 Å². The Bertz CT molecular complexity index is 1130. The molecule has 3 rings (SSSR count). The third kappa shape index (κ3) is 5.69. The highest BCUT2D eigenvalue weighted by Crippen LogP contribution is 2.28. The molecule has 170 valence electrons. The van der Waals surface area contributed by atoms with Crippen LogP contribution in [0.2, 0.25) is 0 Å². The first kappa shape index (κ1) is 22.9. The van der Waals surface area contributed by atoms with E-state index in [-0.39, 0.29) is 18.8 Å². The number of amides is 1. The lowest BCUT2D eigenvalue weighted by atomic mass is 10.2. The van der Waals surface area contributed by atoms with Gasteiger partial charge in [-0.1, -0.05) is 12.1 Å². The van der Waals surface area contributed by atoms with Gasteiger partial charge in [0.1, 0.15) is 6.54 Å². The number of aryl methyl sites for hydroxylation is 1. The van der Waals surface area contributed by atoms with Crippen molar-refractivity contribution >= 4 is 22.9 Å². The second-order valence-electron chi connectivity index (χ2n) is 6.88. The largest absolute Gasteiger partial charge is 0.490 e. The highest BCUT2D eigenvalue weighted by molar-refractivity contribution is 5.96. The van der Waals surface area contributed by atoms with Gasteiger partial charge in [0.05, 0.1) is 30.9 Å². The van der Waals surface area contributed by atoms with Crippen LogP contribution in [-0.2, 0) is 16.1 Å². The molecule has 0 atom stereocenters. The molecule has 32 heavy (non-hydrogen) atoms. The highest BCUT2D eigenvalue weighted by atomic mass is 16.5. The molecule has 1 aromatic heterocycles. The molecule has 2 aromatic carbocycles. The van der Waals surface area contributed by atoms with E-state index in [9.17, 15) is 14.4 Å². The second-order valence-corrected chi connectivity index (χ2v) is 6.88. The maximum Gasteiger partial charge on any atom is 0.326 e. The maximum absolute atomic E-state index is 12.4. The second kappa shape index (κ2) is 11.0. The van der Waals surface area contributed by atoms with Gasteiger partial charge in [-0.25, -0.2) is 4.79 Å². The quantitative estimate of drug-likeness (QED) is 0.349. The molecule has 3 aromatic rings. The number of aromatic amines is 1. The number of benzene rings is 2. The van der Waals surface area contributed by atoms with Crippen LogP contribution >= 0.6 is 0 Å². The summed E-state index contributed by atoms with van der Waals surface area (Å²) in [5, 5.41) is 2.54. The van der Waals surface area contributed by atoms with Gasteiger partial charge in [0, 0.05) is 12.1 Å². The Kier molecular flexibility index (Phi) is 7.91. The number of nitrogens with zero attached hydrogens (tertiary/aromatic N) is 1. The summed E-state index contributed by atoms with van der Waals surface area (Å²) in [5.41, 5.74) is 1.71. The molecule has 0 saturated heterocycles. The molecule has 9 heteroatoms. The van der Waals surface area contributed by atoms with Gasteiger partial charge < -0.3 is 24.5 Å². The maximum atomic E-state index is 12.4. The Morgan fingerprint density at radius 2 is 1.78 bits per heavy atom. The predicted molar refractivity (Wildman–Crippen MR) is 119 cm³/mol. The number of carbonyl (C=O) groups is 2. The van der Waals surface area contributed by atoms with Gasteiger partial charge in [-0.2, -0.15) is 0 Å². The molecule has 1 amide bonds. The van der Waals surface area contributed by atoms with Gasteiger partial charge >= 0.3 is 11.7 Å². The van der Waals surface area contributed by atoms with Crippen molar-refractivity contribution in [2.45, 2.75) is 26.8 Å². The molecular weight excluding hydrogens is 414 g/mol. The number of rotatable bonds is 11. The Hall–Kier alpha value is -3.75. The van der Waals surface area contributed by atoms with E-state index in [0.29, 0.717) is 43.2 Å². The van der Waals surface area contributed by atoms with E-state index in [4.69, 9.17) is 14.2 Å². The minimum Gasteiger partial charge on any atom is -0.490 e. The van der Waals surface area contributed by atoms with Crippen molar-refractivity contribution in [1.29, 1.82) is 0 Å². The van der Waals surface area contributed by atoms with Crippen molar-refractivity contribution in [1.82, 2.24) is 14.9 Å². The number of hydrogen-bond donors (Lipinski definition) is 2. The fourth-order valence-corrected chi connectivity index (χ4v) is 3.24. The highest BCUT2D eigenvalue weighted by Gasteiger charge is 2.13. The van der Waals surface area contributed by atoms with Gasteiger partial charge in [0.2, 0.25) is 0 Å². The van der Waals surface area contributed by atoms with Gasteiger partial charge in [0.25, 0.3) is 5.91 Å². The topological polar surface area (TPSA) is 112 Å². The summed E-state index contributed by atoms with van der Waals surface area (Å²) in [6.45, 7) is 4.90.